The van der Waals surface area contributed by atoms with Crippen molar-refractivity contribution in [2.45, 2.75) is 5.97 Å². The number of hydrogen-bond acceptors (Lipinski definition) is 4. The standard InChI is InChI=1S/C3H6O4/c1-5-3(2-4)6-7-3/h4H,2H2,1H3. The lowest BCUT2D eigenvalue weighted by Crippen LogP contribution is -2.17. The molecule has 7 heavy (non-hydrogen) atoms. The van der Waals surface area contributed by atoms with Gasteiger partial charge < -0.3 is 9.84 Å². The summed E-state index contributed by atoms with van der Waals surface area (Å²) in [6, 6.07) is 0. The molecule has 0 aromatic carbocycles. The average molecular weight is 106 g/mol. The van der Waals surface area contributed by atoms with Crippen LogP contribution in [0.4, 0.5) is 0 Å². The van der Waals surface area contributed by atoms with Crippen LogP contribution in [0.2, 0.25) is 0 Å². The van der Waals surface area contributed by atoms with Crippen molar-refractivity contribution in [2.75, 3.05) is 13.7 Å². The summed E-state index contributed by atoms with van der Waals surface area (Å²) in [5.41, 5.74) is 0. The van der Waals surface area contributed by atoms with Crippen LogP contribution in [0.25, 0.3) is 0 Å². The van der Waals surface area contributed by atoms with E-state index in [2.05, 4.69) is 14.5 Å². The molecule has 0 atom stereocenters. The highest BCUT2D eigenvalue weighted by Gasteiger charge is 2.49. The minimum atomic E-state index is -1.11. The highest BCUT2D eigenvalue weighted by atomic mass is 17.5. The minimum Gasteiger partial charge on any atom is -0.388 e. The smallest absolute Gasteiger partial charge is 0.362 e. The molecule has 1 N–H and O–H groups in total. The van der Waals surface area contributed by atoms with E-state index in [1.165, 1.54) is 7.11 Å². The zero-order chi connectivity index (χ0) is 5.33. The van der Waals surface area contributed by atoms with E-state index in [9.17, 15) is 0 Å². The third-order valence-electron chi connectivity index (χ3n) is 0.774. The molecule has 1 saturated heterocycles. The SMILES string of the molecule is COC1(CO)OO1. The van der Waals surface area contributed by atoms with Crippen LogP contribution >= 0.6 is 0 Å². The summed E-state index contributed by atoms with van der Waals surface area (Å²) in [5, 5.41) is 8.28. The van der Waals surface area contributed by atoms with Gasteiger partial charge in [-0.05, 0) is 0 Å². The molecule has 1 aliphatic heterocycles. The van der Waals surface area contributed by atoms with Crippen LogP contribution in [0, 0.1) is 0 Å². The van der Waals surface area contributed by atoms with Gasteiger partial charge >= 0.3 is 5.97 Å². The molecule has 0 aromatic heterocycles. The molecule has 0 bridgehead atoms. The predicted octanol–water partition coefficient (Wildman–Crippen LogP) is -0.759. The molecule has 0 aromatic rings. The normalized spacial score (nSPS) is 24.9. The van der Waals surface area contributed by atoms with Gasteiger partial charge in [0, 0.05) is 7.11 Å². The van der Waals surface area contributed by atoms with Gasteiger partial charge in [0.15, 0.2) is 0 Å². The molecule has 0 saturated carbocycles. The fourth-order valence-corrected chi connectivity index (χ4v) is 0.232. The van der Waals surface area contributed by atoms with Crippen LogP contribution in [-0.2, 0) is 14.5 Å². The average Bonchev–Trinajstić information content (AvgIpc) is 2.46. The van der Waals surface area contributed by atoms with Gasteiger partial charge in [0.2, 0.25) is 0 Å². The monoisotopic (exact) mass is 106 g/mol. The molecular weight excluding hydrogens is 100 g/mol. The number of rotatable bonds is 2. The van der Waals surface area contributed by atoms with E-state index in [0.717, 1.165) is 0 Å². The molecule has 42 valence electrons. The van der Waals surface area contributed by atoms with E-state index in [4.69, 9.17) is 5.11 Å². The fraction of sp³-hybridized carbons (Fsp3) is 1.00. The topological polar surface area (TPSA) is 54.5 Å². The molecular formula is C3H6O4. The Labute approximate surface area is 40.5 Å². The molecule has 1 aliphatic rings. The molecule has 1 heterocycles. The van der Waals surface area contributed by atoms with Crippen molar-refractivity contribution >= 4 is 0 Å². The zero-order valence-electron chi connectivity index (χ0n) is 3.88. The van der Waals surface area contributed by atoms with Crippen molar-refractivity contribution in [1.29, 1.82) is 0 Å². The highest BCUT2D eigenvalue weighted by molar-refractivity contribution is 4.55. The van der Waals surface area contributed by atoms with Crippen LogP contribution in [0.5, 0.6) is 0 Å². The third-order valence-corrected chi connectivity index (χ3v) is 0.774. The molecule has 0 radical (unpaired) electrons. The number of methoxy groups -OCH3 is 1. The van der Waals surface area contributed by atoms with E-state index in [1.54, 1.807) is 0 Å². The Kier molecular flexibility index (Phi) is 1.01. The van der Waals surface area contributed by atoms with E-state index < -0.39 is 5.97 Å². The predicted molar refractivity (Wildman–Crippen MR) is 19.0 cm³/mol. The van der Waals surface area contributed by atoms with Gasteiger partial charge in [-0.1, -0.05) is 0 Å². The first-order valence-electron chi connectivity index (χ1n) is 1.86. The summed E-state index contributed by atoms with van der Waals surface area (Å²) >= 11 is 0. The molecule has 0 aliphatic carbocycles. The van der Waals surface area contributed by atoms with Gasteiger partial charge in [0.05, 0.1) is 0 Å². The Bertz CT molecular complexity index is 61.3. The zero-order valence-corrected chi connectivity index (χ0v) is 3.88. The first-order chi connectivity index (χ1) is 3.33. The van der Waals surface area contributed by atoms with Crippen molar-refractivity contribution in [3.63, 3.8) is 0 Å². The molecule has 0 spiro atoms. The minimum absolute atomic E-state index is 0.260. The van der Waals surface area contributed by atoms with Gasteiger partial charge in [0.25, 0.3) is 0 Å². The Morgan fingerprint density at radius 3 is 2.29 bits per heavy atom. The van der Waals surface area contributed by atoms with Crippen molar-refractivity contribution in [3.8, 4) is 0 Å². The van der Waals surface area contributed by atoms with Crippen molar-refractivity contribution in [1.82, 2.24) is 0 Å². The van der Waals surface area contributed by atoms with Gasteiger partial charge in [-0.3, -0.25) is 0 Å². The lowest BCUT2D eigenvalue weighted by atomic mass is 10.6. The Morgan fingerprint density at radius 2 is 2.29 bits per heavy atom. The molecule has 1 rings (SSSR count). The first-order valence-corrected chi connectivity index (χ1v) is 1.86. The second-order valence-corrected chi connectivity index (χ2v) is 1.21. The molecule has 0 unspecified atom stereocenters. The van der Waals surface area contributed by atoms with Crippen LogP contribution < -0.4 is 0 Å². The van der Waals surface area contributed by atoms with Crippen LogP contribution in [0.15, 0.2) is 0 Å². The molecule has 4 heteroatoms. The third kappa shape index (κ3) is 0.733. The molecule has 1 fully saturated rings. The quantitative estimate of drug-likeness (QED) is 0.371. The van der Waals surface area contributed by atoms with Crippen LogP contribution in [0.3, 0.4) is 0 Å². The van der Waals surface area contributed by atoms with Crippen molar-refractivity contribution in [2.24, 2.45) is 0 Å². The maximum Gasteiger partial charge on any atom is 0.362 e. The van der Waals surface area contributed by atoms with Crippen molar-refractivity contribution < 1.29 is 19.6 Å². The Morgan fingerprint density at radius 1 is 1.71 bits per heavy atom. The first kappa shape index (κ1) is 4.99. The van der Waals surface area contributed by atoms with E-state index >= 15 is 0 Å². The van der Waals surface area contributed by atoms with Crippen LogP contribution in [0.1, 0.15) is 0 Å². The van der Waals surface area contributed by atoms with E-state index in [1.807, 2.05) is 0 Å². The summed E-state index contributed by atoms with van der Waals surface area (Å²) in [7, 11) is 1.39. The summed E-state index contributed by atoms with van der Waals surface area (Å²) in [4.78, 5) is 8.44. The Hall–Kier alpha value is -0.160. The maximum absolute atomic E-state index is 8.28. The molecule has 0 amide bonds. The largest absolute Gasteiger partial charge is 0.388 e. The lowest BCUT2D eigenvalue weighted by Gasteiger charge is -1.95. The maximum atomic E-state index is 8.28. The Balaban J connectivity index is 2.28. The van der Waals surface area contributed by atoms with Gasteiger partial charge in [0.1, 0.15) is 6.61 Å². The van der Waals surface area contributed by atoms with Gasteiger partial charge in [-0.25, -0.2) is 0 Å². The van der Waals surface area contributed by atoms with Gasteiger partial charge in [-0.2, -0.15) is 9.78 Å². The fourth-order valence-electron chi connectivity index (χ4n) is 0.232. The number of hydrogen-bond donors (Lipinski definition) is 1. The summed E-state index contributed by atoms with van der Waals surface area (Å²) in [6.07, 6.45) is 0. The second kappa shape index (κ2) is 1.41. The molecule has 4 nitrogen and oxygen atoms in total. The van der Waals surface area contributed by atoms with E-state index in [-0.39, 0.29) is 6.61 Å². The van der Waals surface area contributed by atoms with Gasteiger partial charge in [-0.15, -0.1) is 0 Å². The van der Waals surface area contributed by atoms with Crippen LogP contribution in [-0.4, -0.2) is 24.8 Å². The number of ether oxygens (including phenoxy) is 1. The number of aliphatic hydroxyl groups is 1. The number of aliphatic hydroxyl groups excluding tert-OH is 1. The summed E-state index contributed by atoms with van der Waals surface area (Å²) in [6.45, 7) is -0.260. The lowest BCUT2D eigenvalue weighted by molar-refractivity contribution is -0.0598. The second-order valence-electron chi connectivity index (χ2n) is 1.21. The summed E-state index contributed by atoms with van der Waals surface area (Å²) in [5.74, 6) is -1.11. The van der Waals surface area contributed by atoms with Crippen molar-refractivity contribution in [3.05, 3.63) is 0 Å². The highest BCUT2D eigenvalue weighted by Crippen LogP contribution is 2.28. The summed E-state index contributed by atoms with van der Waals surface area (Å²) < 4.78 is 4.50. The van der Waals surface area contributed by atoms with E-state index in [0.29, 0.717) is 0 Å².